The molecule has 1 heterocycles. The van der Waals surface area contributed by atoms with Crippen LogP contribution >= 0.6 is 0 Å². The molecular weight excluding hydrogens is 333 g/mol. The van der Waals surface area contributed by atoms with Crippen LogP contribution in [0.2, 0.25) is 0 Å². The summed E-state index contributed by atoms with van der Waals surface area (Å²) in [5, 5.41) is 0. The summed E-state index contributed by atoms with van der Waals surface area (Å²) in [7, 11) is -3.74. The lowest BCUT2D eigenvalue weighted by Gasteiger charge is -2.21. The van der Waals surface area contributed by atoms with E-state index in [9.17, 15) is 17.6 Å². The van der Waals surface area contributed by atoms with Crippen LogP contribution in [0.5, 0.6) is 0 Å². The predicted molar refractivity (Wildman–Crippen MR) is 86.9 cm³/mol. The molecule has 2 rings (SSSR count). The van der Waals surface area contributed by atoms with Crippen molar-refractivity contribution in [1.82, 2.24) is 14.6 Å². The van der Waals surface area contributed by atoms with Crippen molar-refractivity contribution in [3.8, 4) is 0 Å². The van der Waals surface area contributed by atoms with Gasteiger partial charge in [0.05, 0.1) is 4.90 Å². The average molecular weight is 351 g/mol. The number of hydrogen-bond donors (Lipinski definition) is 1. The molecule has 0 unspecified atom stereocenters. The number of hydrogen-bond acceptors (Lipinski definition) is 4. The van der Waals surface area contributed by atoms with Crippen LogP contribution in [0.1, 0.15) is 12.5 Å². The number of nitrogens with one attached hydrogen (secondary N) is 1. The second-order valence-electron chi connectivity index (χ2n) is 5.15. The van der Waals surface area contributed by atoms with Crippen molar-refractivity contribution in [3.63, 3.8) is 0 Å². The highest BCUT2D eigenvalue weighted by atomic mass is 32.2. The molecule has 0 saturated carbocycles. The number of halogens is 1. The number of carbonyl (C=O) groups excluding carboxylic acids is 1. The number of aromatic nitrogens is 1. The summed E-state index contributed by atoms with van der Waals surface area (Å²) in [5.74, 6) is -0.673. The van der Waals surface area contributed by atoms with Gasteiger partial charge in [-0.3, -0.25) is 9.78 Å². The van der Waals surface area contributed by atoms with Gasteiger partial charge < -0.3 is 4.90 Å². The minimum absolute atomic E-state index is 0.0227. The normalized spacial score (nSPS) is 11.2. The largest absolute Gasteiger partial charge is 0.337 e. The number of amides is 1. The van der Waals surface area contributed by atoms with Gasteiger partial charge in [0, 0.05) is 39.0 Å². The first-order valence-corrected chi connectivity index (χ1v) is 8.76. The van der Waals surface area contributed by atoms with E-state index in [4.69, 9.17) is 0 Å². The second kappa shape index (κ2) is 7.98. The lowest BCUT2D eigenvalue weighted by atomic mass is 10.2. The van der Waals surface area contributed by atoms with Crippen LogP contribution in [-0.2, 0) is 21.4 Å². The van der Waals surface area contributed by atoms with Crippen LogP contribution in [0.3, 0.4) is 0 Å². The van der Waals surface area contributed by atoms with E-state index in [1.54, 1.807) is 18.5 Å². The molecule has 8 heteroatoms. The monoisotopic (exact) mass is 351 g/mol. The highest BCUT2D eigenvalue weighted by Gasteiger charge is 2.15. The van der Waals surface area contributed by atoms with E-state index in [0.29, 0.717) is 6.54 Å². The zero-order valence-corrected chi connectivity index (χ0v) is 14.0. The maximum Gasteiger partial charge on any atom is 0.240 e. The van der Waals surface area contributed by atoms with E-state index in [0.717, 1.165) is 17.7 Å². The zero-order valence-electron chi connectivity index (χ0n) is 13.1. The van der Waals surface area contributed by atoms with Gasteiger partial charge in [-0.05, 0) is 35.9 Å². The van der Waals surface area contributed by atoms with Gasteiger partial charge in [0.25, 0.3) is 0 Å². The quantitative estimate of drug-likeness (QED) is 0.821. The SMILES string of the molecule is CC(=O)N(CCNS(=O)(=O)c1ccc(F)cc1)Cc1cccnc1. The lowest BCUT2D eigenvalue weighted by molar-refractivity contribution is -0.129. The topological polar surface area (TPSA) is 79.4 Å². The molecule has 24 heavy (non-hydrogen) atoms. The summed E-state index contributed by atoms with van der Waals surface area (Å²) in [6, 6.07) is 8.15. The molecular formula is C16H18FN3O3S. The third kappa shape index (κ3) is 5.10. The Bertz CT molecular complexity index is 780. The number of sulfonamides is 1. The average Bonchev–Trinajstić information content (AvgIpc) is 2.55. The van der Waals surface area contributed by atoms with E-state index < -0.39 is 15.8 Å². The summed E-state index contributed by atoms with van der Waals surface area (Å²) in [6.07, 6.45) is 3.29. The van der Waals surface area contributed by atoms with Gasteiger partial charge in [0.15, 0.2) is 0 Å². The molecule has 0 saturated heterocycles. The molecule has 1 amide bonds. The molecule has 1 aromatic heterocycles. The molecule has 0 spiro atoms. The first-order chi connectivity index (χ1) is 11.4. The van der Waals surface area contributed by atoms with Gasteiger partial charge in [-0.1, -0.05) is 6.07 Å². The van der Waals surface area contributed by atoms with Crippen molar-refractivity contribution in [3.05, 3.63) is 60.2 Å². The van der Waals surface area contributed by atoms with Crippen LogP contribution in [0.15, 0.2) is 53.7 Å². The van der Waals surface area contributed by atoms with Gasteiger partial charge in [0.2, 0.25) is 15.9 Å². The van der Waals surface area contributed by atoms with Crippen molar-refractivity contribution in [1.29, 1.82) is 0 Å². The fourth-order valence-electron chi connectivity index (χ4n) is 2.07. The molecule has 0 aliphatic heterocycles. The minimum Gasteiger partial charge on any atom is -0.337 e. The summed E-state index contributed by atoms with van der Waals surface area (Å²) in [5.41, 5.74) is 0.856. The van der Waals surface area contributed by atoms with Crippen LogP contribution in [0.25, 0.3) is 0 Å². The molecule has 2 aromatic rings. The molecule has 128 valence electrons. The van der Waals surface area contributed by atoms with Crippen molar-refractivity contribution in [2.75, 3.05) is 13.1 Å². The van der Waals surface area contributed by atoms with Crippen LogP contribution in [0.4, 0.5) is 4.39 Å². The molecule has 6 nitrogen and oxygen atoms in total. The first kappa shape index (κ1) is 18.0. The number of pyridine rings is 1. The Hall–Kier alpha value is -2.32. The molecule has 0 aliphatic rings. The van der Waals surface area contributed by atoms with E-state index in [1.807, 2.05) is 6.07 Å². The smallest absolute Gasteiger partial charge is 0.240 e. The fourth-order valence-corrected chi connectivity index (χ4v) is 3.09. The van der Waals surface area contributed by atoms with E-state index >= 15 is 0 Å². The van der Waals surface area contributed by atoms with Crippen molar-refractivity contribution < 1.29 is 17.6 Å². The number of nitrogens with zero attached hydrogens (tertiary/aromatic N) is 2. The Morgan fingerprint density at radius 3 is 2.54 bits per heavy atom. The third-order valence-corrected chi connectivity index (χ3v) is 4.82. The molecule has 1 N–H and O–H groups in total. The van der Waals surface area contributed by atoms with Crippen molar-refractivity contribution >= 4 is 15.9 Å². The molecule has 1 aromatic carbocycles. The number of rotatable bonds is 7. The summed E-state index contributed by atoms with van der Waals surface area (Å²) >= 11 is 0. The van der Waals surface area contributed by atoms with Crippen molar-refractivity contribution in [2.24, 2.45) is 0 Å². The molecule has 0 aliphatic carbocycles. The van der Waals surface area contributed by atoms with E-state index in [2.05, 4.69) is 9.71 Å². The second-order valence-corrected chi connectivity index (χ2v) is 6.92. The Balaban J connectivity index is 1.95. The van der Waals surface area contributed by atoms with Crippen molar-refractivity contribution in [2.45, 2.75) is 18.4 Å². The molecule has 0 atom stereocenters. The summed E-state index contributed by atoms with van der Waals surface area (Å²) in [4.78, 5) is 17.2. The Morgan fingerprint density at radius 1 is 1.25 bits per heavy atom. The van der Waals surface area contributed by atoms with Crippen LogP contribution in [-0.4, -0.2) is 37.3 Å². The first-order valence-electron chi connectivity index (χ1n) is 7.28. The maximum atomic E-state index is 12.9. The highest BCUT2D eigenvalue weighted by molar-refractivity contribution is 7.89. The van der Waals surface area contributed by atoms with Gasteiger partial charge in [-0.25, -0.2) is 17.5 Å². The molecule has 0 bridgehead atoms. The fraction of sp³-hybridized carbons (Fsp3) is 0.250. The maximum absolute atomic E-state index is 12.9. The number of carbonyl (C=O) groups is 1. The predicted octanol–water partition coefficient (Wildman–Crippen LogP) is 1.55. The van der Waals surface area contributed by atoms with E-state index in [1.165, 1.54) is 24.0 Å². The summed E-state index contributed by atoms with van der Waals surface area (Å²) < 4.78 is 39.5. The van der Waals surface area contributed by atoms with Gasteiger partial charge in [-0.2, -0.15) is 0 Å². The Morgan fingerprint density at radius 2 is 1.96 bits per heavy atom. The van der Waals surface area contributed by atoms with Gasteiger partial charge >= 0.3 is 0 Å². The van der Waals surface area contributed by atoms with Crippen LogP contribution in [0, 0.1) is 5.82 Å². The minimum atomic E-state index is -3.74. The molecule has 0 radical (unpaired) electrons. The van der Waals surface area contributed by atoms with Crippen LogP contribution < -0.4 is 4.72 Å². The Kier molecular flexibility index (Phi) is 5.99. The van der Waals surface area contributed by atoms with Gasteiger partial charge in [0.1, 0.15) is 5.82 Å². The standard InChI is InChI=1S/C16H18FN3O3S/c1-13(21)20(12-14-3-2-8-18-11-14)10-9-19-24(22,23)16-6-4-15(17)5-7-16/h2-8,11,19H,9-10,12H2,1H3. The highest BCUT2D eigenvalue weighted by Crippen LogP contribution is 2.09. The lowest BCUT2D eigenvalue weighted by Crippen LogP contribution is -2.37. The molecule has 0 fully saturated rings. The van der Waals surface area contributed by atoms with E-state index in [-0.39, 0.29) is 23.9 Å². The van der Waals surface area contributed by atoms with Gasteiger partial charge in [-0.15, -0.1) is 0 Å². The number of benzene rings is 1. The third-order valence-electron chi connectivity index (χ3n) is 3.34. The Labute approximate surface area is 140 Å². The zero-order chi connectivity index (χ0) is 17.6. The summed E-state index contributed by atoms with van der Waals surface area (Å²) in [6.45, 7) is 2.04.